The van der Waals surface area contributed by atoms with E-state index in [1.165, 1.54) is 19.3 Å². The quantitative estimate of drug-likeness (QED) is 0.424. The second-order valence-electron chi connectivity index (χ2n) is 4.99. The lowest BCUT2D eigenvalue weighted by Gasteiger charge is -2.35. The van der Waals surface area contributed by atoms with Crippen molar-refractivity contribution < 1.29 is 9.53 Å². The van der Waals surface area contributed by atoms with Crippen molar-refractivity contribution in [2.75, 3.05) is 0 Å². The SMILES string of the molecule is C=C(C)C(=O)OC(C)(C#CC)C1CCCCC1. The van der Waals surface area contributed by atoms with Gasteiger partial charge in [-0.25, -0.2) is 4.79 Å². The zero-order valence-corrected chi connectivity index (χ0v) is 11.1. The highest BCUT2D eigenvalue weighted by molar-refractivity contribution is 5.87. The Hall–Kier alpha value is -1.23. The summed E-state index contributed by atoms with van der Waals surface area (Å²) in [5.74, 6) is 5.99. The van der Waals surface area contributed by atoms with E-state index in [2.05, 4.69) is 18.4 Å². The van der Waals surface area contributed by atoms with Gasteiger partial charge in [-0.05, 0) is 33.6 Å². The molecule has 1 saturated carbocycles. The second-order valence-corrected chi connectivity index (χ2v) is 4.99. The van der Waals surface area contributed by atoms with Crippen LogP contribution >= 0.6 is 0 Å². The fourth-order valence-electron chi connectivity index (χ4n) is 2.39. The third kappa shape index (κ3) is 3.63. The third-order valence-corrected chi connectivity index (χ3v) is 3.41. The molecule has 17 heavy (non-hydrogen) atoms. The summed E-state index contributed by atoms with van der Waals surface area (Å²) in [7, 11) is 0. The number of hydrogen-bond donors (Lipinski definition) is 0. The number of carbonyl (C=O) groups excluding carboxylic acids is 1. The second kappa shape index (κ2) is 5.91. The Labute approximate surface area is 104 Å². The molecule has 2 nitrogen and oxygen atoms in total. The molecule has 94 valence electrons. The van der Waals surface area contributed by atoms with Crippen molar-refractivity contribution >= 4 is 5.97 Å². The van der Waals surface area contributed by atoms with E-state index in [1.54, 1.807) is 13.8 Å². The molecule has 2 heteroatoms. The Morgan fingerprint density at radius 3 is 2.41 bits per heavy atom. The molecule has 0 bridgehead atoms. The Morgan fingerprint density at radius 2 is 1.94 bits per heavy atom. The van der Waals surface area contributed by atoms with Crippen LogP contribution in [0.3, 0.4) is 0 Å². The first-order valence-corrected chi connectivity index (χ1v) is 6.32. The van der Waals surface area contributed by atoms with Crippen molar-refractivity contribution in [1.82, 2.24) is 0 Å². The van der Waals surface area contributed by atoms with E-state index < -0.39 is 5.60 Å². The van der Waals surface area contributed by atoms with Crippen LogP contribution in [0.1, 0.15) is 52.9 Å². The third-order valence-electron chi connectivity index (χ3n) is 3.41. The monoisotopic (exact) mass is 234 g/mol. The lowest BCUT2D eigenvalue weighted by molar-refractivity contribution is -0.153. The molecule has 0 amide bonds. The topological polar surface area (TPSA) is 26.3 Å². The van der Waals surface area contributed by atoms with Crippen molar-refractivity contribution in [2.24, 2.45) is 5.92 Å². The van der Waals surface area contributed by atoms with Crippen molar-refractivity contribution in [3.8, 4) is 11.8 Å². The molecule has 1 atom stereocenters. The van der Waals surface area contributed by atoms with Crippen LogP contribution in [0.15, 0.2) is 12.2 Å². The molecular weight excluding hydrogens is 212 g/mol. The molecule has 0 heterocycles. The summed E-state index contributed by atoms with van der Waals surface area (Å²) in [6.45, 7) is 9.01. The predicted molar refractivity (Wildman–Crippen MR) is 69.3 cm³/mol. The van der Waals surface area contributed by atoms with Crippen molar-refractivity contribution in [3.05, 3.63) is 12.2 Å². The van der Waals surface area contributed by atoms with Crippen LogP contribution in [0, 0.1) is 17.8 Å². The first kappa shape index (κ1) is 13.8. The maximum atomic E-state index is 11.7. The van der Waals surface area contributed by atoms with Gasteiger partial charge in [0.2, 0.25) is 0 Å². The smallest absolute Gasteiger partial charge is 0.334 e. The average molecular weight is 234 g/mol. The Balaban J connectivity index is 2.82. The van der Waals surface area contributed by atoms with Gasteiger partial charge < -0.3 is 4.74 Å². The Morgan fingerprint density at radius 1 is 1.35 bits per heavy atom. The summed E-state index contributed by atoms with van der Waals surface area (Å²) >= 11 is 0. The summed E-state index contributed by atoms with van der Waals surface area (Å²) in [6.07, 6.45) is 5.87. The molecule has 1 rings (SSSR count). The van der Waals surface area contributed by atoms with Crippen molar-refractivity contribution in [2.45, 2.75) is 58.5 Å². The van der Waals surface area contributed by atoms with E-state index >= 15 is 0 Å². The van der Waals surface area contributed by atoms with E-state index in [0.29, 0.717) is 11.5 Å². The van der Waals surface area contributed by atoms with E-state index in [-0.39, 0.29) is 5.97 Å². The van der Waals surface area contributed by atoms with E-state index in [0.717, 1.165) is 12.8 Å². The number of rotatable bonds is 3. The minimum Gasteiger partial charge on any atom is -0.442 e. The van der Waals surface area contributed by atoms with Gasteiger partial charge in [0.15, 0.2) is 5.60 Å². The predicted octanol–water partition coefficient (Wildman–Crippen LogP) is 3.47. The standard InChI is InChI=1S/C15H22O2/c1-5-11-15(4,17-14(16)12(2)3)13-9-7-6-8-10-13/h13H,2,6-10H2,1,3-4H3. The zero-order chi connectivity index (χ0) is 12.9. The van der Waals surface area contributed by atoms with Gasteiger partial charge in [0.1, 0.15) is 0 Å². The van der Waals surface area contributed by atoms with Crippen molar-refractivity contribution in [3.63, 3.8) is 0 Å². The molecule has 0 aromatic heterocycles. The molecule has 0 aromatic carbocycles. The highest BCUT2D eigenvalue weighted by Crippen LogP contribution is 2.35. The van der Waals surface area contributed by atoms with Gasteiger partial charge >= 0.3 is 5.97 Å². The number of hydrogen-bond acceptors (Lipinski definition) is 2. The molecule has 0 aromatic rings. The van der Waals surface area contributed by atoms with Crippen LogP contribution in [-0.4, -0.2) is 11.6 Å². The lowest BCUT2D eigenvalue weighted by atomic mass is 9.78. The van der Waals surface area contributed by atoms with Gasteiger partial charge in [0.05, 0.1) is 0 Å². The summed E-state index contributed by atoms with van der Waals surface area (Å²) in [5.41, 5.74) is -0.212. The van der Waals surface area contributed by atoms with E-state index in [9.17, 15) is 4.79 Å². The first-order chi connectivity index (χ1) is 7.99. The van der Waals surface area contributed by atoms with Crippen LogP contribution in [0.25, 0.3) is 0 Å². The maximum Gasteiger partial charge on any atom is 0.334 e. The number of carbonyl (C=O) groups is 1. The molecule has 1 aliphatic carbocycles. The van der Waals surface area contributed by atoms with Gasteiger partial charge in [0.25, 0.3) is 0 Å². The van der Waals surface area contributed by atoms with Gasteiger partial charge in [-0.1, -0.05) is 31.8 Å². The molecular formula is C15H22O2. The van der Waals surface area contributed by atoms with Crippen LogP contribution in [-0.2, 0) is 9.53 Å². The molecule has 0 N–H and O–H groups in total. The molecule has 1 unspecified atom stereocenters. The van der Waals surface area contributed by atoms with E-state index in [1.807, 2.05) is 6.92 Å². The minimum absolute atomic E-state index is 0.333. The van der Waals surface area contributed by atoms with Crippen LogP contribution in [0.5, 0.6) is 0 Å². The van der Waals surface area contributed by atoms with Gasteiger partial charge in [-0.15, -0.1) is 5.92 Å². The van der Waals surface area contributed by atoms with Gasteiger partial charge in [-0.3, -0.25) is 0 Å². The largest absolute Gasteiger partial charge is 0.442 e. The number of esters is 1. The summed E-state index contributed by atoms with van der Waals surface area (Å²) in [4.78, 5) is 11.7. The van der Waals surface area contributed by atoms with Crippen LogP contribution in [0.4, 0.5) is 0 Å². The minimum atomic E-state index is -0.648. The van der Waals surface area contributed by atoms with Gasteiger partial charge in [0, 0.05) is 11.5 Å². The number of ether oxygens (including phenoxy) is 1. The summed E-state index contributed by atoms with van der Waals surface area (Å²) in [5, 5.41) is 0. The Bertz CT molecular complexity index is 353. The Kier molecular flexibility index (Phi) is 4.81. The molecule has 1 fully saturated rings. The molecule has 1 aliphatic rings. The lowest BCUT2D eigenvalue weighted by Crippen LogP contribution is -2.39. The fraction of sp³-hybridized carbons (Fsp3) is 0.667. The van der Waals surface area contributed by atoms with Crippen molar-refractivity contribution in [1.29, 1.82) is 0 Å². The summed E-state index contributed by atoms with van der Waals surface area (Å²) < 4.78 is 5.57. The van der Waals surface area contributed by atoms with Crippen LogP contribution in [0.2, 0.25) is 0 Å². The van der Waals surface area contributed by atoms with E-state index in [4.69, 9.17) is 4.74 Å². The highest BCUT2D eigenvalue weighted by atomic mass is 16.6. The first-order valence-electron chi connectivity index (χ1n) is 6.32. The van der Waals surface area contributed by atoms with Gasteiger partial charge in [-0.2, -0.15) is 0 Å². The zero-order valence-electron chi connectivity index (χ0n) is 11.1. The highest BCUT2D eigenvalue weighted by Gasteiger charge is 2.37. The molecule has 0 radical (unpaired) electrons. The average Bonchev–Trinajstić information content (AvgIpc) is 2.30. The molecule has 0 saturated heterocycles. The molecule has 0 aliphatic heterocycles. The maximum absolute atomic E-state index is 11.7. The summed E-state index contributed by atoms with van der Waals surface area (Å²) in [6, 6.07) is 0. The fourth-order valence-corrected chi connectivity index (χ4v) is 2.39. The van der Waals surface area contributed by atoms with Crippen LogP contribution < -0.4 is 0 Å². The molecule has 0 spiro atoms. The normalized spacial score (nSPS) is 19.7.